The Kier molecular flexibility index (Phi) is 6.76. The molecular formula is C18H25N5O4S. The van der Waals surface area contributed by atoms with E-state index in [9.17, 15) is 4.79 Å². The van der Waals surface area contributed by atoms with E-state index in [2.05, 4.69) is 23.2 Å². The lowest BCUT2D eigenvalue weighted by Crippen LogP contribution is -2.48. The van der Waals surface area contributed by atoms with Gasteiger partial charge in [-0.25, -0.2) is 0 Å². The van der Waals surface area contributed by atoms with Crippen molar-refractivity contribution in [2.45, 2.75) is 19.4 Å². The summed E-state index contributed by atoms with van der Waals surface area (Å²) in [5, 5.41) is 27.2. The number of benzene rings is 1. The zero-order valence-electron chi connectivity index (χ0n) is 15.7. The average molecular weight is 407 g/mol. The van der Waals surface area contributed by atoms with Crippen LogP contribution in [0.3, 0.4) is 0 Å². The van der Waals surface area contributed by atoms with Gasteiger partial charge in [-0.05, 0) is 36.4 Å². The van der Waals surface area contributed by atoms with Gasteiger partial charge in [0.1, 0.15) is 0 Å². The van der Waals surface area contributed by atoms with Gasteiger partial charge in [0, 0.05) is 32.2 Å². The number of thioether (sulfide) groups is 1. The van der Waals surface area contributed by atoms with Crippen LogP contribution in [0.15, 0.2) is 18.2 Å². The fourth-order valence-electron chi connectivity index (χ4n) is 3.17. The number of hydrogen-bond acceptors (Lipinski definition) is 8. The lowest BCUT2D eigenvalue weighted by atomic mass is 10.1. The normalized spacial score (nSPS) is 17.3. The van der Waals surface area contributed by atoms with E-state index in [0.717, 1.165) is 41.9 Å². The predicted molar refractivity (Wildman–Crippen MR) is 107 cm³/mol. The van der Waals surface area contributed by atoms with Crippen LogP contribution in [-0.2, 0) is 4.79 Å². The maximum atomic E-state index is 11.4. The van der Waals surface area contributed by atoms with Gasteiger partial charge >= 0.3 is 0 Å². The molecule has 2 aliphatic rings. The standard InChI is InChI=1S/C18H25N5O4S/c1-12(13-2-3-14-15(10-13)27-11-26-14)22-5-7-23(8-6-22)18(20)28-17(19)21-16(25)4-9-24/h2-3,10,12,20,24H,4-9,11H2,1H3,(H2,19,21,25)/t12-/m0/s1. The molecule has 1 fully saturated rings. The Morgan fingerprint density at radius 1 is 1.25 bits per heavy atom. The minimum atomic E-state index is -0.421. The third kappa shape index (κ3) is 4.94. The van der Waals surface area contributed by atoms with Crippen LogP contribution in [0.2, 0.25) is 0 Å². The fourth-order valence-corrected chi connectivity index (χ4v) is 3.84. The smallest absolute Gasteiger partial charge is 0.231 e. The van der Waals surface area contributed by atoms with Crippen molar-refractivity contribution in [3.63, 3.8) is 0 Å². The molecule has 1 aromatic carbocycles. The van der Waals surface area contributed by atoms with Crippen molar-refractivity contribution in [3.8, 4) is 11.5 Å². The molecule has 0 spiro atoms. The van der Waals surface area contributed by atoms with E-state index in [1.165, 1.54) is 0 Å². The first kappa shape index (κ1) is 20.4. The SMILES string of the molecule is C[C@@H](c1ccc2c(c1)OCO2)N1CCN(C(=N)SC(=N)NC(=O)CCO)CC1. The van der Waals surface area contributed by atoms with E-state index >= 15 is 0 Å². The van der Waals surface area contributed by atoms with Crippen molar-refractivity contribution in [1.29, 1.82) is 10.8 Å². The topological polar surface area (TPSA) is 122 Å². The first-order valence-electron chi connectivity index (χ1n) is 9.12. The van der Waals surface area contributed by atoms with Crippen LogP contribution < -0.4 is 14.8 Å². The maximum absolute atomic E-state index is 11.4. The highest BCUT2D eigenvalue weighted by Crippen LogP contribution is 2.35. The second kappa shape index (κ2) is 9.26. The number of amides is 1. The molecule has 4 N–H and O–H groups in total. The summed E-state index contributed by atoms with van der Waals surface area (Å²) < 4.78 is 10.8. The number of nitrogens with one attached hydrogen (secondary N) is 3. The molecule has 0 saturated carbocycles. The molecule has 10 heteroatoms. The summed E-state index contributed by atoms with van der Waals surface area (Å²) in [6.45, 7) is 5.11. The van der Waals surface area contributed by atoms with Crippen LogP contribution in [-0.4, -0.2) is 70.7 Å². The Balaban J connectivity index is 1.48. The number of carbonyl (C=O) groups is 1. The molecule has 28 heavy (non-hydrogen) atoms. The third-order valence-corrected chi connectivity index (χ3v) is 5.58. The quantitative estimate of drug-likeness (QED) is 0.437. The molecule has 0 radical (unpaired) electrons. The molecule has 9 nitrogen and oxygen atoms in total. The Labute approximate surface area is 168 Å². The summed E-state index contributed by atoms with van der Waals surface area (Å²) in [5.41, 5.74) is 1.16. The lowest BCUT2D eigenvalue weighted by Gasteiger charge is -2.39. The summed E-state index contributed by atoms with van der Waals surface area (Å²) >= 11 is 0.910. The zero-order chi connectivity index (χ0) is 20.1. The number of aliphatic hydroxyl groups excluding tert-OH is 1. The molecule has 0 aliphatic carbocycles. The van der Waals surface area contributed by atoms with Crippen LogP contribution in [0.25, 0.3) is 0 Å². The number of amidine groups is 2. The number of carbonyl (C=O) groups excluding carboxylic acids is 1. The highest BCUT2D eigenvalue weighted by molar-refractivity contribution is 8.26. The molecule has 152 valence electrons. The van der Waals surface area contributed by atoms with Crippen LogP contribution >= 0.6 is 11.8 Å². The highest BCUT2D eigenvalue weighted by Gasteiger charge is 2.25. The molecule has 1 saturated heterocycles. The maximum Gasteiger partial charge on any atom is 0.231 e. The van der Waals surface area contributed by atoms with Crippen molar-refractivity contribution < 1.29 is 19.4 Å². The van der Waals surface area contributed by atoms with Crippen LogP contribution in [0, 0.1) is 10.8 Å². The monoisotopic (exact) mass is 407 g/mol. The van der Waals surface area contributed by atoms with Gasteiger partial charge in [-0.1, -0.05) is 6.07 Å². The Morgan fingerprint density at radius 2 is 1.96 bits per heavy atom. The van der Waals surface area contributed by atoms with E-state index in [4.69, 9.17) is 25.4 Å². The molecule has 3 rings (SSSR count). The van der Waals surface area contributed by atoms with Crippen LogP contribution in [0.1, 0.15) is 24.9 Å². The number of nitrogens with zero attached hydrogens (tertiary/aromatic N) is 2. The minimum absolute atomic E-state index is 0.0489. The first-order chi connectivity index (χ1) is 13.5. The van der Waals surface area contributed by atoms with Crippen molar-refractivity contribution >= 4 is 28.0 Å². The van der Waals surface area contributed by atoms with Crippen molar-refractivity contribution in [3.05, 3.63) is 23.8 Å². The highest BCUT2D eigenvalue weighted by atomic mass is 32.2. The number of ether oxygens (including phenoxy) is 2. The van der Waals surface area contributed by atoms with Gasteiger partial charge in [-0.2, -0.15) is 0 Å². The van der Waals surface area contributed by atoms with Gasteiger partial charge in [0.25, 0.3) is 0 Å². The van der Waals surface area contributed by atoms with E-state index in [0.29, 0.717) is 13.1 Å². The lowest BCUT2D eigenvalue weighted by molar-refractivity contribution is -0.120. The van der Waals surface area contributed by atoms with E-state index in [-0.39, 0.29) is 36.2 Å². The first-order valence-corrected chi connectivity index (χ1v) is 9.94. The second-order valence-corrected chi connectivity index (χ2v) is 7.57. The van der Waals surface area contributed by atoms with Gasteiger partial charge in [0.15, 0.2) is 21.8 Å². The average Bonchev–Trinajstić information content (AvgIpc) is 3.15. The van der Waals surface area contributed by atoms with Gasteiger partial charge < -0.3 is 24.8 Å². The second-order valence-electron chi connectivity index (χ2n) is 6.57. The molecule has 0 aromatic heterocycles. The molecule has 0 unspecified atom stereocenters. The molecule has 1 atom stereocenters. The summed E-state index contributed by atoms with van der Waals surface area (Å²) in [6, 6.07) is 6.23. The Bertz CT molecular complexity index is 751. The number of hydrogen-bond donors (Lipinski definition) is 4. The summed E-state index contributed by atoms with van der Waals surface area (Å²) in [7, 11) is 0. The summed E-state index contributed by atoms with van der Waals surface area (Å²) in [4.78, 5) is 15.7. The largest absolute Gasteiger partial charge is 0.454 e. The molecule has 0 bridgehead atoms. The fraction of sp³-hybridized carbons (Fsp3) is 0.500. The zero-order valence-corrected chi connectivity index (χ0v) is 16.6. The van der Waals surface area contributed by atoms with E-state index in [1.54, 1.807) is 0 Å². The Morgan fingerprint density at radius 3 is 2.68 bits per heavy atom. The molecule has 1 amide bonds. The van der Waals surface area contributed by atoms with E-state index < -0.39 is 5.91 Å². The number of aliphatic hydroxyl groups is 1. The van der Waals surface area contributed by atoms with Gasteiger partial charge in [0.2, 0.25) is 12.7 Å². The van der Waals surface area contributed by atoms with Gasteiger partial charge in [-0.15, -0.1) is 0 Å². The van der Waals surface area contributed by atoms with Crippen LogP contribution in [0.4, 0.5) is 0 Å². The van der Waals surface area contributed by atoms with Gasteiger partial charge in [0.05, 0.1) is 13.0 Å². The molecule has 2 aliphatic heterocycles. The minimum Gasteiger partial charge on any atom is -0.454 e. The number of rotatable bonds is 4. The van der Waals surface area contributed by atoms with E-state index in [1.807, 2.05) is 17.0 Å². The summed E-state index contributed by atoms with van der Waals surface area (Å²) in [5.74, 6) is 1.14. The summed E-state index contributed by atoms with van der Waals surface area (Å²) in [6.07, 6.45) is -0.0489. The molecule has 2 heterocycles. The predicted octanol–water partition coefficient (Wildman–Crippen LogP) is 1.20. The van der Waals surface area contributed by atoms with Crippen LogP contribution in [0.5, 0.6) is 11.5 Å². The van der Waals surface area contributed by atoms with Gasteiger partial charge in [-0.3, -0.25) is 20.5 Å². The number of piperazine rings is 1. The number of fused-ring (bicyclic) bond motifs is 1. The van der Waals surface area contributed by atoms with Crippen molar-refractivity contribution in [2.24, 2.45) is 0 Å². The third-order valence-electron chi connectivity index (χ3n) is 4.82. The molecular weight excluding hydrogens is 382 g/mol. The molecule has 1 aromatic rings. The van der Waals surface area contributed by atoms with Crippen molar-refractivity contribution in [1.82, 2.24) is 15.1 Å². The Hall–Kier alpha value is -2.30. The van der Waals surface area contributed by atoms with Crippen molar-refractivity contribution in [2.75, 3.05) is 39.6 Å².